The lowest BCUT2D eigenvalue weighted by Gasteiger charge is -2.45. The summed E-state index contributed by atoms with van der Waals surface area (Å²) in [5, 5.41) is 0.0315. The fourth-order valence-electron chi connectivity index (χ4n) is 5.85. The van der Waals surface area contributed by atoms with E-state index in [1.54, 1.807) is 44.4 Å². The van der Waals surface area contributed by atoms with Crippen LogP contribution < -0.4 is 10.6 Å². The SMILES string of the molecule is [2H]C([2H])([2H])OC[C@H]1CSc2c(-c3ccc(F)cc3)c(C(F)(F)F)cc3c(N4C[C@@H](C)N(C(=O)OC(C)(C)C)[C@@H](C)C4)nc(=O)n1c23. The van der Waals surface area contributed by atoms with Crippen molar-refractivity contribution in [1.82, 2.24) is 14.5 Å². The van der Waals surface area contributed by atoms with E-state index in [0.29, 0.717) is 0 Å². The third-order valence-corrected chi connectivity index (χ3v) is 8.70. The van der Waals surface area contributed by atoms with Crippen LogP contribution in [0.25, 0.3) is 22.0 Å². The summed E-state index contributed by atoms with van der Waals surface area (Å²) in [6, 6.07) is 3.79. The molecule has 1 saturated heterocycles. The molecule has 0 radical (unpaired) electrons. The van der Waals surface area contributed by atoms with Crippen molar-refractivity contribution in [1.29, 1.82) is 0 Å². The molecule has 0 N–H and O–H groups in total. The molecule has 8 nitrogen and oxygen atoms in total. The van der Waals surface area contributed by atoms with Crippen molar-refractivity contribution in [3.63, 3.8) is 0 Å². The van der Waals surface area contributed by atoms with Crippen molar-refractivity contribution in [2.24, 2.45) is 0 Å². The number of thioether (sulfide) groups is 1. The zero-order valence-electron chi connectivity index (χ0n) is 27.3. The Hall–Kier alpha value is -3.32. The highest BCUT2D eigenvalue weighted by atomic mass is 32.2. The first-order valence-electron chi connectivity index (χ1n) is 15.2. The second kappa shape index (κ2) is 11.3. The molecule has 232 valence electrons. The van der Waals surface area contributed by atoms with Crippen molar-refractivity contribution < 1.29 is 35.9 Å². The second-order valence-electron chi connectivity index (χ2n) is 11.9. The first kappa shape index (κ1) is 27.2. The molecule has 3 heterocycles. The van der Waals surface area contributed by atoms with Crippen molar-refractivity contribution in [2.45, 2.75) is 69.4 Å². The molecule has 2 aromatic carbocycles. The van der Waals surface area contributed by atoms with Gasteiger partial charge in [0, 0.05) is 41.7 Å². The lowest BCUT2D eigenvalue weighted by Crippen LogP contribution is -2.60. The van der Waals surface area contributed by atoms with E-state index in [0.717, 1.165) is 30.0 Å². The van der Waals surface area contributed by atoms with Crippen molar-refractivity contribution in [3.05, 3.63) is 52.2 Å². The fraction of sp³-hybridized carbons (Fsp3) is 0.500. The van der Waals surface area contributed by atoms with Crippen LogP contribution in [0.3, 0.4) is 0 Å². The van der Waals surface area contributed by atoms with Gasteiger partial charge in [0.1, 0.15) is 17.2 Å². The molecule has 0 aliphatic carbocycles. The van der Waals surface area contributed by atoms with Gasteiger partial charge in [-0.05, 0) is 58.4 Å². The maximum Gasteiger partial charge on any atom is 0.417 e. The number of aromatic nitrogens is 2. The number of anilines is 1. The van der Waals surface area contributed by atoms with E-state index in [1.807, 2.05) is 0 Å². The summed E-state index contributed by atoms with van der Waals surface area (Å²) in [4.78, 5) is 34.4. The number of benzene rings is 2. The molecule has 1 amide bonds. The van der Waals surface area contributed by atoms with Crippen LogP contribution in [0.2, 0.25) is 0 Å². The highest BCUT2D eigenvalue weighted by Gasteiger charge is 2.41. The highest BCUT2D eigenvalue weighted by Crippen LogP contribution is 2.50. The number of hydrogen-bond donors (Lipinski definition) is 0. The van der Waals surface area contributed by atoms with E-state index in [-0.39, 0.29) is 51.6 Å². The van der Waals surface area contributed by atoms with Gasteiger partial charge in [0.05, 0.1) is 39.9 Å². The first-order chi connectivity index (χ1) is 21.2. The fourth-order valence-corrected chi connectivity index (χ4v) is 7.17. The predicted molar refractivity (Wildman–Crippen MR) is 157 cm³/mol. The van der Waals surface area contributed by atoms with Crippen LogP contribution >= 0.6 is 11.8 Å². The quantitative estimate of drug-likeness (QED) is 0.313. The Kier molecular flexibility index (Phi) is 7.17. The number of carbonyl (C=O) groups is 1. The number of nitrogens with zero attached hydrogens (tertiary/aromatic N) is 4. The molecule has 0 spiro atoms. The third-order valence-electron chi connectivity index (χ3n) is 7.47. The van der Waals surface area contributed by atoms with Crippen LogP contribution in [0.1, 0.15) is 50.3 Å². The number of rotatable bonds is 4. The average Bonchev–Trinajstić information content (AvgIpc) is 2.91. The van der Waals surface area contributed by atoms with Crippen LogP contribution in [-0.4, -0.2) is 70.7 Å². The highest BCUT2D eigenvalue weighted by molar-refractivity contribution is 7.99. The van der Waals surface area contributed by atoms with Crippen molar-refractivity contribution in [2.75, 3.05) is 37.4 Å². The maximum absolute atomic E-state index is 14.8. The molecule has 3 aromatic rings. The standard InChI is InChI=1S/C30H34F4N4O4S/c1-16-12-36(13-17(2)37(16)28(40)42-29(3,4)5)26-21-11-22(30(32,33)34)23(18-7-9-19(31)10-8-18)25-24(21)38(27(39)35-26)20(14-41-6)15-43-25/h7-11,16-17,20H,12-15H2,1-6H3/t16-,17+,20-/m0/s1/i6D3. The predicted octanol–water partition coefficient (Wildman–Crippen LogP) is 6.35. The number of carbonyl (C=O) groups excluding carboxylic acids is 1. The molecular formula is C30H34F4N4O4S. The Morgan fingerprint density at radius 2 is 1.79 bits per heavy atom. The van der Waals surface area contributed by atoms with Gasteiger partial charge in [0.15, 0.2) is 0 Å². The summed E-state index contributed by atoms with van der Waals surface area (Å²) in [6.07, 6.45) is -5.38. The largest absolute Gasteiger partial charge is 0.444 e. The topological polar surface area (TPSA) is 76.9 Å². The van der Waals surface area contributed by atoms with Gasteiger partial charge in [-0.15, -0.1) is 11.8 Å². The van der Waals surface area contributed by atoms with Gasteiger partial charge < -0.3 is 14.4 Å². The Labute approximate surface area is 255 Å². The maximum atomic E-state index is 14.8. The van der Waals surface area contributed by atoms with Gasteiger partial charge in [-0.3, -0.25) is 9.47 Å². The molecule has 1 fully saturated rings. The molecule has 1 aromatic heterocycles. The summed E-state index contributed by atoms with van der Waals surface area (Å²) in [5.41, 5.74) is -2.50. The minimum absolute atomic E-state index is 0.00850. The average molecular weight is 626 g/mol. The first-order valence-corrected chi connectivity index (χ1v) is 14.7. The number of methoxy groups -OCH3 is 1. The monoisotopic (exact) mass is 625 g/mol. The lowest BCUT2D eigenvalue weighted by molar-refractivity contribution is -0.137. The smallest absolute Gasteiger partial charge is 0.417 e. The van der Waals surface area contributed by atoms with E-state index in [2.05, 4.69) is 4.98 Å². The van der Waals surface area contributed by atoms with Crippen LogP contribution in [0, 0.1) is 5.82 Å². The number of ether oxygens (including phenoxy) is 2. The van der Waals surface area contributed by atoms with Crippen LogP contribution in [0.5, 0.6) is 0 Å². The van der Waals surface area contributed by atoms with E-state index in [4.69, 9.17) is 13.6 Å². The zero-order valence-corrected chi connectivity index (χ0v) is 25.1. The van der Waals surface area contributed by atoms with Gasteiger partial charge in [-0.25, -0.2) is 14.0 Å². The molecule has 3 atom stereocenters. The van der Waals surface area contributed by atoms with Crippen LogP contribution in [-0.2, 0) is 15.7 Å². The van der Waals surface area contributed by atoms with Gasteiger partial charge in [0.2, 0.25) is 0 Å². The Bertz CT molecular complexity index is 1700. The summed E-state index contributed by atoms with van der Waals surface area (Å²) in [7, 11) is -2.76. The molecule has 5 rings (SSSR count). The number of alkyl halides is 3. The Morgan fingerprint density at radius 1 is 1.14 bits per heavy atom. The molecule has 13 heteroatoms. The molecule has 0 bridgehead atoms. The molecule has 2 aliphatic rings. The van der Waals surface area contributed by atoms with Crippen LogP contribution in [0.4, 0.5) is 28.2 Å². The normalized spacial score (nSPS) is 22.3. The van der Waals surface area contributed by atoms with E-state index >= 15 is 0 Å². The number of piperazine rings is 1. The Morgan fingerprint density at radius 3 is 2.37 bits per heavy atom. The van der Waals surface area contributed by atoms with E-state index in [9.17, 15) is 27.2 Å². The summed E-state index contributed by atoms with van der Waals surface area (Å²) < 4.78 is 92.5. The molecule has 2 aliphatic heterocycles. The molecular weight excluding hydrogens is 588 g/mol. The van der Waals surface area contributed by atoms with Crippen LogP contribution in [0.15, 0.2) is 40.0 Å². The van der Waals surface area contributed by atoms with Crippen molar-refractivity contribution in [3.8, 4) is 11.1 Å². The summed E-state index contributed by atoms with van der Waals surface area (Å²) in [5.74, 6) is -0.593. The number of amides is 1. The molecule has 43 heavy (non-hydrogen) atoms. The van der Waals surface area contributed by atoms with E-state index < -0.39 is 66.7 Å². The van der Waals surface area contributed by atoms with Gasteiger partial charge in [0.25, 0.3) is 0 Å². The summed E-state index contributed by atoms with van der Waals surface area (Å²) >= 11 is 1.04. The third kappa shape index (κ3) is 5.93. The lowest BCUT2D eigenvalue weighted by atomic mass is 9.95. The van der Waals surface area contributed by atoms with Gasteiger partial charge in [-0.2, -0.15) is 18.2 Å². The van der Waals surface area contributed by atoms with Gasteiger partial charge in [-0.1, -0.05) is 12.1 Å². The minimum atomic E-state index is -4.84. The summed E-state index contributed by atoms with van der Waals surface area (Å²) in [6.45, 7) is 8.66. The Balaban J connectivity index is 1.72. The molecule has 0 unspecified atom stereocenters. The van der Waals surface area contributed by atoms with E-state index in [1.165, 1.54) is 16.7 Å². The zero-order chi connectivity index (χ0) is 33.9. The second-order valence-corrected chi connectivity index (χ2v) is 12.9. The van der Waals surface area contributed by atoms with Gasteiger partial charge >= 0.3 is 18.0 Å². The van der Waals surface area contributed by atoms with Crippen molar-refractivity contribution >= 4 is 34.6 Å². The number of halogens is 4. The number of hydrogen-bond acceptors (Lipinski definition) is 7. The molecule has 0 saturated carbocycles. The minimum Gasteiger partial charge on any atom is -0.444 e.